The van der Waals surface area contributed by atoms with Crippen LogP contribution in [0.4, 0.5) is 0 Å². The Balaban J connectivity index is 1.62. The number of amides is 1. The zero-order chi connectivity index (χ0) is 15.8. The fourth-order valence-corrected chi connectivity index (χ4v) is 3.61. The Bertz CT molecular complexity index is 710. The van der Waals surface area contributed by atoms with E-state index in [0.29, 0.717) is 30.5 Å². The molecule has 1 amide bonds. The van der Waals surface area contributed by atoms with Gasteiger partial charge in [-0.25, -0.2) is 4.98 Å². The van der Waals surface area contributed by atoms with E-state index in [1.165, 1.54) is 0 Å². The van der Waals surface area contributed by atoms with Crippen LogP contribution in [0.1, 0.15) is 35.5 Å². The molecule has 0 radical (unpaired) electrons. The number of morpholine rings is 1. The Kier molecular flexibility index (Phi) is 3.65. The summed E-state index contributed by atoms with van der Waals surface area (Å²) in [5.74, 6) is 1.05. The zero-order valence-electron chi connectivity index (χ0n) is 13.2. The molecule has 4 rings (SSSR count). The maximum absolute atomic E-state index is 13.0. The second-order valence-electron chi connectivity index (χ2n) is 6.20. The summed E-state index contributed by atoms with van der Waals surface area (Å²) in [7, 11) is 0. The lowest BCUT2D eigenvalue weighted by Gasteiger charge is -2.37. The molecule has 1 aromatic heterocycles. The molecule has 1 saturated heterocycles. The summed E-state index contributed by atoms with van der Waals surface area (Å²) >= 11 is 0. The van der Waals surface area contributed by atoms with Gasteiger partial charge in [-0.3, -0.25) is 4.79 Å². The first kappa shape index (κ1) is 14.5. The van der Waals surface area contributed by atoms with E-state index < -0.39 is 0 Å². The molecule has 1 saturated carbocycles. The van der Waals surface area contributed by atoms with Gasteiger partial charge in [0.2, 0.25) is 5.89 Å². The Labute approximate surface area is 135 Å². The van der Waals surface area contributed by atoms with Gasteiger partial charge in [0.15, 0.2) is 5.69 Å². The monoisotopic (exact) mass is 312 g/mol. The lowest BCUT2D eigenvalue weighted by molar-refractivity contribution is -0.0447. The van der Waals surface area contributed by atoms with E-state index in [-0.39, 0.29) is 18.1 Å². The number of carbonyl (C=O) groups is 1. The Morgan fingerprint density at radius 3 is 2.91 bits per heavy atom. The fourth-order valence-electron chi connectivity index (χ4n) is 3.61. The van der Waals surface area contributed by atoms with E-state index in [9.17, 15) is 4.79 Å². The van der Waals surface area contributed by atoms with Gasteiger partial charge < -0.3 is 14.1 Å². The van der Waals surface area contributed by atoms with Crippen LogP contribution in [0.5, 0.6) is 0 Å². The van der Waals surface area contributed by atoms with E-state index in [2.05, 4.69) is 4.98 Å². The van der Waals surface area contributed by atoms with Gasteiger partial charge in [0.1, 0.15) is 5.76 Å². The van der Waals surface area contributed by atoms with Gasteiger partial charge in [-0.1, -0.05) is 18.2 Å². The van der Waals surface area contributed by atoms with Crippen LogP contribution in [-0.2, 0) is 4.74 Å². The maximum Gasteiger partial charge on any atom is 0.276 e. The first-order valence-electron chi connectivity index (χ1n) is 8.19. The van der Waals surface area contributed by atoms with Gasteiger partial charge in [-0.15, -0.1) is 0 Å². The molecular weight excluding hydrogens is 292 g/mol. The van der Waals surface area contributed by atoms with Crippen molar-refractivity contribution in [1.82, 2.24) is 9.88 Å². The standard InChI is InChI=1S/C18H20N2O3/c1-12-16(19-17(23-12)13-6-3-2-4-7-13)18(21)20-10-11-22-15-9-5-8-14(15)20/h2-4,6-7,14-15H,5,8-11H2,1H3/t14-,15+/m1/s1. The van der Waals surface area contributed by atoms with Crippen LogP contribution in [0.15, 0.2) is 34.7 Å². The van der Waals surface area contributed by atoms with E-state index >= 15 is 0 Å². The van der Waals surface area contributed by atoms with Crippen LogP contribution >= 0.6 is 0 Å². The van der Waals surface area contributed by atoms with E-state index in [1.54, 1.807) is 6.92 Å². The summed E-state index contributed by atoms with van der Waals surface area (Å²) in [4.78, 5) is 19.4. The first-order chi connectivity index (χ1) is 11.2. The summed E-state index contributed by atoms with van der Waals surface area (Å²) in [6, 6.07) is 9.86. The van der Waals surface area contributed by atoms with Crippen molar-refractivity contribution in [3.8, 4) is 11.5 Å². The van der Waals surface area contributed by atoms with Crippen LogP contribution < -0.4 is 0 Å². The van der Waals surface area contributed by atoms with Crippen molar-refractivity contribution < 1.29 is 13.9 Å². The maximum atomic E-state index is 13.0. The number of carbonyl (C=O) groups excluding carboxylic acids is 1. The first-order valence-corrected chi connectivity index (χ1v) is 8.19. The quantitative estimate of drug-likeness (QED) is 0.855. The minimum Gasteiger partial charge on any atom is -0.441 e. The molecule has 0 bridgehead atoms. The van der Waals surface area contributed by atoms with Crippen LogP contribution in [0.25, 0.3) is 11.5 Å². The molecule has 1 aliphatic heterocycles. The van der Waals surface area contributed by atoms with Crippen LogP contribution in [-0.4, -0.2) is 41.1 Å². The van der Waals surface area contributed by atoms with Crippen molar-refractivity contribution in [2.75, 3.05) is 13.2 Å². The third kappa shape index (κ3) is 2.55. The average molecular weight is 312 g/mol. The number of oxazole rings is 1. The highest BCUT2D eigenvalue weighted by Crippen LogP contribution is 2.31. The summed E-state index contributed by atoms with van der Waals surface area (Å²) < 4.78 is 11.5. The van der Waals surface area contributed by atoms with E-state index in [4.69, 9.17) is 9.15 Å². The molecule has 5 heteroatoms. The van der Waals surface area contributed by atoms with E-state index in [1.807, 2.05) is 35.2 Å². The van der Waals surface area contributed by atoms with Crippen molar-refractivity contribution in [1.29, 1.82) is 0 Å². The third-order valence-electron chi connectivity index (χ3n) is 4.76. The van der Waals surface area contributed by atoms with Crippen molar-refractivity contribution in [2.45, 2.75) is 38.3 Å². The normalized spacial score (nSPS) is 23.8. The molecule has 0 unspecified atom stereocenters. The predicted molar refractivity (Wildman–Crippen MR) is 85.1 cm³/mol. The predicted octanol–water partition coefficient (Wildman–Crippen LogP) is 3.04. The Hall–Kier alpha value is -2.14. The summed E-state index contributed by atoms with van der Waals surface area (Å²) in [5.41, 5.74) is 1.31. The molecule has 2 fully saturated rings. The molecule has 2 aromatic rings. The van der Waals surface area contributed by atoms with Gasteiger partial charge in [0.25, 0.3) is 5.91 Å². The van der Waals surface area contributed by atoms with Crippen molar-refractivity contribution in [2.24, 2.45) is 0 Å². The lowest BCUT2D eigenvalue weighted by atomic mass is 10.1. The molecule has 2 heterocycles. The number of aromatic nitrogens is 1. The minimum absolute atomic E-state index is 0.0337. The number of aryl methyl sites for hydroxylation is 1. The highest BCUT2D eigenvalue weighted by Gasteiger charge is 2.39. The highest BCUT2D eigenvalue weighted by atomic mass is 16.5. The molecule has 0 spiro atoms. The largest absolute Gasteiger partial charge is 0.441 e. The molecule has 5 nitrogen and oxygen atoms in total. The van der Waals surface area contributed by atoms with Gasteiger partial charge >= 0.3 is 0 Å². The smallest absolute Gasteiger partial charge is 0.276 e. The third-order valence-corrected chi connectivity index (χ3v) is 4.76. The second kappa shape index (κ2) is 5.81. The molecule has 120 valence electrons. The average Bonchev–Trinajstić information content (AvgIpc) is 3.21. The van der Waals surface area contributed by atoms with Gasteiger partial charge in [0, 0.05) is 12.1 Å². The van der Waals surface area contributed by atoms with Crippen molar-refractivity contribution in [3.63, 3.8) is 0 Å². The number of nitrogens with zero attached hydrogens (tertiary/aromatic N) is 2. The molecule has 1 aromatic carbocycles. The SMILES string of the molecule is Cc1oc(-c2ccccc2)nc1C(=O)N1CCO[C@H]2CCC[C@H]21. The molecule has 0 N–H and O–H groups in total. The van der Waals surface area contributed by atoms with E-state index in [0.717, 1.165) is 24.8 Å². The number of benzene rings is 1. The summed E-state index contributed by atoms with van der Waals surface area (Å²) in [5, 5.41) is 0. The van der Waals surface area contributed by atoms with Gasteiger partial charge in [0.05, 0.1) is 18.8 Å². The second-order valence-corrected chi connectivity index (χ2v) is 6.20. The number of ether oxygens (including phenoxy) is 1. The molecule has 2 aliphatic rings. The molecule has 23 heavy (non-hydrogen) atoms. The molecular formula is C18H20N2O3. The van der Waals surface area contributed by atoms with Gasteiger partial charge in [-0.05, 0) is 38.3 Å². The lowest BCUT2D eigenvalue weighted by Crippen LogP contribution is -2.51. The van der Waals surface area contributed by atoms with Crippen molar-refractivity contribution >= 4 is 5.91 Å². The fraction of sp³-hybridized carbons (Fsp3) is 0.444. The Morgan fingerprint density at radius 2 is 2.09 bits per heavy atom. The molecule has 2 atom stereocenters. The Morgan fingerprint density at radius 1 is 1.26 bits per heavy atom. The van der Waals surface area contributed by atoms with Crippen LogP contribution in [0, 0.1) is 6.92 Å². The zero-order valence-corrected chi connectivity index (χ0v) is 13.2. The van der Waals surface area contributed by atoms with Gasteiger partial charge in [-0.2, -0.15) is 0 Å². The summed E-state index contributed by atoms with van der Waals surface area (Å²) in [6.07, 6.45) is 3.36. The summed E-state index contributed by atoms with van der Waals surface area (Å²) in [6.45, 7) is 3.04. The van der Waals surface area contributed by atoms with Crippen molar-refractivity contribution in [3.05, 3.63) is 41.8 Å². The minimum atomic E-state index is -0.0337. The highest BCUT2D eigenvalue weighted by molar-refractivity contribution is 5.94. The van der Waals surface area contributed by atoms with Crippen LogP contribution in [0.3, 0.4) is 0 Å². The number of hydrogen-bond donors (Lipinski definition) is 0. The van der Waals surface area contributed by atoms with Crippen LogP contribution in [0.2, 0.25) is 0 Å². The number of hydrogen-bond acceptors (Lipinski definition) is 4. The molecule has 1 aliphatic carbocycles. The number of rotatable bonds is 2. The topological polar surface area (TPSA) is 55.6 Å². The number of fused-ring (bicyclic) bond motifs is 1.